The second-order valence-electron chi connectivity index (χ2n) is 4.97. The fourth-order valence-electron chi connectivity index (χ4n) is 2.70. The van der Waals surface area contributed by atoms with E-state index in [0.717, 1.165) is 0 Å². The van der Waals surface area contributed by atoms with E-state index in [-0.39, 0.29) is 0 Å². The van der Waals surface area contributed by atoms with Crippen LogP contribution in [-0.4, -0.2) is 0 Å². The van der Waals surface area contributed by atoms with Crippen LogP contribution < -0.4 is 0 Å². The molecule has 0 aromatic heterocycles. The first-order valence-electron chi connectivity index (χ1n) is 6.36. The van der Waals surface area contributed by atoms with Gasteiger partial charge in [0, 0.05) is 0 Å². The molecule has 0 amide bonds. The minimum Gasteiger partial charge on any atom is -0.0818 e. The van der Waals surface area contributed by atoms with Gasteiger partial charge in [-0.3, -0.25) is 0 Å². The first-order chi connectivity index (χ1) is 6.66. The van der Waals surface area contributed by atoms with Crippen LogP contribution >= 0.6 is 0 Å². The van der Waals surface area contributed by atoms with Gasteiger partial charge in [-0.25, -0.2) is 0 Å². The van der Waals surface area contributed by atoms with E-state index in [4.69, 9.17) is 0 Å². The molecule has 0 nitrogen and oxygen atoms in total. The maximum atomic E-state index is 2.53. The molecule has 0 saturated heterocycles. The summed E-state index contributed by atoms with van der Waals surface area (Å²) < 4.78 is 0. The van der Waals surface area contributed by atoms with Gasteiger partial charge in [-0.1, -0.05) is 39.8 Å². The van der Waals surface area contributed by atoms with Crippen molar-refractivity contribution in [3.63, 3.8) is 0 Å². The Labute approximate surface area is 89.8 Å². The molecule has 0 aromatic carbocycles. The first-order valence-corrected chi connectivity index (χ1v) is 6.36. The van der Waals surface area contributed by atoms with Gasteiger partial charge in [0.25, 0.3) is 0 Å². The van der Waals surface area contributed by atoms with Gasteiger partial charge in [-0.2, -0.15) is 0 Å². The molecule has 82 valence electrons. The Balaban J connectivity index is 2.79. The molecule has 1 aliphatic carbocycles. The summed E-state index contributed by atoms with van der Waals surface area (Å²) in [6, 6.07) is 0. The summed E-state index contributed by atoms with van der Waals surface area (Å²) in [5.41, 5.74) is 1.07. The van der Waals surface area contributed by atoms with Crippen LogP contribution in [-0.2, 0) is 0 Å². The van der Waals surface area contributed by atoms with Crippen LogP contribution in [0.4, 0.5) is 0 Å². The predicted molar refractivity (Wildman–Crippen MR) is 64.4 cm³/mol. The van der Waals surface area contributed by atoms with Crippen molar-refractivity contribution in [1.29, 1.82) is 0 Å². The zero-order valence-corrected chi connectivity index (χ0v) is 10.4. The summed E-state index contributed by atoms with van der Waals surface area (Å²) >= 11 is 0. The van der Waals surface area contributed by atoms with E-state index in [9.17, 15) is 0 Å². The second kappa shape index (κ2) is 4.51. The van der Waals surface area contributed by atoms with Gasteiger partial charge in [0.05, 0.1) is 0 Å². The molecule has 0 N–H and O–H groups in total. The Hall–Kier alpha value is -0.260. The normalized spacial score (nSPS) is 23.7. The molecule has 0 aromatic rings. The van der Waals surface area contributed by atoms with Crippen molar-refractivity contribution in [2.24, 2.45) is 10.8 Å². The molecule has 1 rings (SSSR count). The highest BCUT2D eigenvalue weighted by molar-refractivity contribution is 5.11. The maximum absolute atomic E-state index is 2.53. The van der Waals surface area contributed by atoms with Crippen molar-refractivity contribution in [2.45, 2.75) is 66.2 Å². The van der Waals surface area contributed by atoms with E-state index in [1.165, 1.54) is 38.5 Å². The van der Waals surface area contributed by atoms with Crippen LogP contribution in [0.2, 0.25) is 0 Å². The third-order valence-corrected chi connectivity index (χ3v) is 4.73. The van der Waals surface area contributed by atoms with Gasteiger partial charge in [-0.05, 0) is 49.4 Å². The summed E-state index contributed by atoms with van der Waals surface area (Å²) in [5, 5.41) is 0. The Morgan fingerprint density at radius 1 is 0.714 bits per heavy atom. The number of allylic oxidation sites excluding steroid dienone is 2. The number of rotatable bonds is 4. The Morgan fingerprint density at radius 3 is 1.14 bits per heavy atom. The van der Waals surface area contributed by atoms with Crippen molar-refractivity contribution in [1.82, 2.24) is 0 Å². The van der Waals surface area contributed by atoms with Crippen molar-refractivity contribution in [2.75, 3.05) is 0 Å². The van der Waals surface area contributed by atoms with E-state index in [1.807, 2.05) is 0 Å². The smallest absolute Gasteiger partial charge is 0.0123 e. The molecule has 1 aliphatic rings. The lowest BCUT2D eigenvalue weighted by atomic mass is 9.65. The van der Waals surface area contributed by atoms with Crippen molar-refractivity contribution in [3.8, 4) is 0 Å². The standard InChI is InChI=1S/C14H26/c1-5-13(6-2)9-11-14(7-3,8-4)12-10-13/h9,11H,5-8,10,12H2,1-4H3. The van der Waals surface area contributed by atoms with E-state index in [2.05, 4.69) is 39.8 Å². The lowest BCUT2D eigenvalue weighted by molar-refractivity contribution is 0.206. The van der Waals surface area contributed by atoms with Crippen LogP contribution in [0.3, 0.4) is 0 Å². The SMILES string of the molecule is CCC1(CC)C=CC(CC)(CC)CC1. The van der Waals surface area contributed by atoms with Crippen LogP contribution in [0.15, 0.2) is 12.2 Å². The fraction of sp³-hybridized carbons (Fsp3) is 0.857. The van der Waals surface area contributed by atoms with Crippen molar-refractivity contribution in [3.05, 3.63) is 12.2 Å². The molecule has 14 heavy (non-hydrogen) atoms. The summed E-state index contributed by atoms with van der Waals surface area (Å²) in [7, 11) is 0. The van der Waals surface area contributed by atoms with Crippen LogP contribution in [0.25, 0.3) is 0 Å². The van der Waals surface area contributed by atoms with Crippen LogP contribution in [0.5, 0.6) is 0 Å². The van der Waals surface area contributed by atoms with Gasteiger partial charge in [0.2, 0.25) is 0 Å². The van der Waals surface area contributed by atoms with Gasteiger partial charge >= 0.3 is 0 Å². The average molecular weight is 194 g/mol. The zero-order valence-electron chi connectivity index (χ0n) is 10.4. The quantitative estimate of drug-likeness (QED) is 0.555. The maximum Gasteiger partial charge on any atom is -0.0123 e. The van der Waals surface area contributed by atoms with Crippen LogP contribution in [0.1, 0.15) is 66.2 Å². The average Bonchev–Trinajstić information content (AvgIpc) is 2.29. The fourth-order valence-corrected chi connectivity index (χ4v) is 2.70. The molecule has 0 unspecified atom stereocenters. The monoisotopic (exact) mass is 194 g/mol. The minimum absolute atomic E-state index is 0.536. The van der Waals surface area contributed by atoms with E-state index < -0.39 is 0 Å². The van der Waals surface area contributed by atoms with E-state index in [0.29, 0.717) is 10.8 Å². The highest BCUT2D eigenvalue weighted by Gasteiger charge is 2.34. The van der Waals surface area contributed by atoms with Crippen LogP contribution in [0, 0.1) is 10.8 Å². The molecule has 0 fully saturated rings. The molecule has 0 radical (unpaired) electrons. The lowest BCUT2D eigenvalue weighted by Crippen LogP contribution is -2.28. The Bertz CT molecular complexity index is 170. The largest absolute Gasteiger partial charge is 0.0818 e. The third-order valence-electron chi connectivity index (χ3n) is 4.73. The predicted octanol–water partition coefficient (Wildman–Crippen LogP) is 4.95. The van der Waals surface area contributed by atoms with Gasteiger partial charge in [-0.15, -0.1) is 0 Å². The summed E-state index contributed by atoms with van der Waals surface area (Å²) in [5.74, 6) is 0. The number of hydrogen-bond donors (Lipinski definition) is 0. The summed E-state index contributed by atoms with van der Waals surface area (Å²) in [6.07, 6.45) is 13.1. The molecular formula is C14H26. The zero-order chi connectivity index (χ0) is 10.7. The van der Waals surface area contributed by atoms with Crippen molar-refractivity contribution >= 4 is 0 Å². The molecule has 0 heterocycles. The van der Waals surface area contributed by atoms with Gasteiger partial charge < -0.3 is 0 Å². The van der Waals surface area contributed by atoms with Gasteiger partial charge in [0.1, 0.15) is 0 Å². The summed E-state index contributed by atoms with van der Waals surface area (Å²) in [4.78, 5) is 0. The second-order valence-corrected chi connectivity index (χ2v) is 4.97. The van der Waals surface area contributed by atoms with Crippen molar-refractivity contribution < 1.29 is 0 Å². The minimum atomic E-state index is 0.536. The first kappa shape index (κ1) is 11.8. The lowest BCUT2D eigenvalue weighted by Gasteiger charge is -2.40. The molecule has 0 saturated carbocycles. The molecule has 0 spiro atoms. The Kier molecular flexibility index (Phi) is 3.80. The topological polar surface area (TPSA) is 0 Å². The van der Waals surface area contributed by atoms with E-state index >= 15 is 0 Å². The molecule has 0 aliphatic heterocycles. The molecule has 0 heteroatoms. The molecule has 0 atom stereocenters. The van der Waals surface area contributed by atoms with E-state index in [1.54, 1.807) is 0 Å². The highest BCUT2D eigenvalue weighted by Crippen LogP contribution is 2.46. The number of hydrogen-bond acceptors (Lipinski definition) is 0. The molecule has 0 bridgehead atoms. The highest BCUT2D eigenvalue weighted by atomic mass is 14.4. The van der Waals surface area contributed by atoms with Gasteiger partial charge in [0.15, 0.2) is 0 Å². The summed E-state index contributed by atoms with van der Waals surface area (Å²) in [6.45, 7) is 9.33. The molecular weight excluding hydrogens is 168 g/mol. The third kappa shape index (κ3) is 2.04. The Morgan fingerprint density at radius 2 is 1.00 bits per heavy atom.